The molecule has 2 aromatic rings. The van der Waals surface area contributed by atoms with Gasteiger partial charge in [0, 0.05) is 11.6 Å². The van der Waals surface area contributed by atoms with E-state index in [1.807, 2.05) is 36.4 Å². The van der Waals surface area contributed by atoms with Gasteiger partial charge in [-0.2, -0.15) is 0 Å². The molecule has 0 radical (unpaired) electrons. The summed E-state index contributed by atoms with van der Waals surface area (Å²) in [6.07, 6.45) is 0. The lowest BCUT2D eigenvalue weighted by molar-refractivity contribution is 0.473. The van der Waals surface area contributed by atoms with E-state index in [2.05, 4.69) is 19.2 Å². The summed E-state index contributed by atoms with van der Waals surface area (Å²) in [6, 6.07) is 12.1. The van der Waals surface area contributed by atoms with Gasteiger partial charge < -0.3 is 9.73 Å². The fraction of sp³-hybridized carbons (Fsp3) is 0.286. The molecule has 1 N–H and O–H groups in total. The Balaban J connectivity index is 0.00000162. The van der Waals surface area contributed by atoms with Crippen molar-refractivity contribution in [1.29, 1.82) is 0 Å². The van der Waals surface area contributed by atoms with Crippen LogP contribution >= 0.6 is 24.0 Å². The molecule has 0 saturated heterocycles. The molecule has 0 aliphatic heterocycles. The van der Waals surface area contributed by atoms with E-state index in [1.54, 1.807) is 0 Å². The monoisotopic (exact) mass is 285 g/mol. The van der Waals surface area contributed by atoms with Crippen molar-refractivity contribution in [3.8, 4) is 11.3 Å². The Kier molecular flexibility index (Phi) is 5.73. The normalized spacial score (nSPS) is 10.4. The van der Waals surface area contributed by atoms with Gasteiger partial charge >= 0.3 is 0 Å². The van der Waals surface area contributed by atoms with Gasteiger partial charge in [-0.3, -0.25) is 0 Å². The van der Waals surface area contributed by atoms with E-state index in [-0.39, 0.29) is 12.4 Å². The second-order valence-electron chi connectivity index (χ2n) is 4.28. The Morgan fingerprint density at radius 2 is 1.89 bits per heavy atom. The first kappa shape index (κ1) is 15.1. The molecule has 0 spiro atoms. The zero-order valence-electron chi connectivity index (χ0n) is 10.4. The largest absolute Gasteiger partial charge is 0.460 e. The van der Waals surface area contributed by atoms with Gasteiger partial charge in [-0.1, -0.05) is 37.6 Å². The highest BCUT2D eigenvalue weighted by atomic mass is 35.5. The minimum absolute atomic E-state index is 0. The summed E-state index contributed by atoms with van der Waals surface area (Å²) >= 11 is 6.12. The number of hydrogen-bond acceptors (Lipinski definition) is 2. The van der Waals surface area contributed by atoms with Gasteiger partial charge in [0.15, 0.2) is 0 Å². The maximum atomic E-state index is 6.12. The average Bonchev–Trinajstić information content (AvgIpc) is 2.75. The number of nitrogens with one attached hydrogen (secondary N) is 1. The number of furan rings is 1. The molecule has 0 aliphatic carbocycles. The molecule has 1 aromatic carbocycles. The minimum Gasteiger partial charge on any atom is -0.460 e. The summed E-state index contributed by atoms with van der Waals surface area (Å²) in [5.74, 6) is 1.74. The summed E-state index contributed by atoms with van der Waals surface area (Å²) in [5.41, 5.74) is 0.935. The highest BCUT2D eigenvalue weighted by molar-refractivity contribution is 6.33. The number of rotatable bonds is 4. The van der Waals surface area contributed by atoms with Crippen LogP contribution in [-0.2, 0) is 6.54 Å². The van der Waals surface area contributed by atoms with Crippen LogP contribution in [0, 0.1) is 0 Å². The highest BCUT2D eigenvalue weighted by Crippen LogP contribution is 2.28. The van der Waals surface area contributed by atoms with Crippen molar-refractivity contribution in [1.82, 2.24) is 5.32 Å². The van der Waals surface area contributed by atoms with Crippen LogP contribution in [0.3, 0.4) is 0 Å². The minimum atomic E-state index is 0. The fourth-order valence-corrected chi connectivity index (χ4v) is 1.81. The van der Waals surface area contributed by atoms with Crippen LogP contribution in [0.25, 0.3) is 11.3 Å². The number of halogens is 2. The molecule has 0 unspecified atom stereocenters. The molecule has 18 heavy (non-hydrogen) atoms. The maximum absolute atomic E-state index is 6.12. The first-order valence-electron chi connectivity index (χ1n) is 5.74. The molecular weight excluding hydrogens is 269 g/mol. The number of benzene rings is 1. The van der Waals surface area contributed by atoms with Crippen LogP contribution in [0.2, 0.25) is 5.02 Å². The van der Waals surface area contributed by atoms with E-state index in [0.717, 1.165) is 23.6 Å². The van der Waals surface area contributed by atoms with Gasteiger partial charge in [0.2, 0.25) is 0 Å². The van der Waals surface area contributed by atoms with Crippen LogP contribution in [0.15, 0.2) is 40.8 Å². The lowest BCUT2D eigenvalue weighted by Crippen LogP contribution is -2.21. The van der Waals surface area contributed by atoms with Gasteiger partial charge in [-0.15, -0.1) is 12.4 Å². The van der Waals surface area contributed by atoms with Crippen LogP contribution in [-0.4, -0.2) is 6.04 Å². The van der Waals surface area contributed by atoms with Gasteiger partial charge in [-0.25, -0.2) is 0 Å². The van der Waals surface area contributed by atoms with Crippen LogP contribution in [0.5, 0.6) is 0 Å². The van der Waals surface area contributed by atoms with Gasteiger partial charge in [-0.05, 0) is 24.3 Å². The van der Waals surface area contributed by atoms with Crippen molar-refractivity contribution in [2.45, 2.75) is 26.4 Å². The molecule has 0 amide bonds. The lowest BCUT2D eigenvalue weighted by Gasteiger charge is -2.05. The quantitative estimate of drug-likeness (QED) is 0.894. The second-order valence-corrected chi connectivity index (χ2v) is 4.69. The summed E-state index contributed by atoms with van der Waals surface area (Å²) in [7, 11) is 0. The van der Waals surface area contributed by atoms with Crippen molar-refractivity contribution in [2.75, 3.05) is 0 Å². The van der Waals surface area contributed by atoms with Crippen molar-refractivity contribution >= 4 is 24.0 Å². The van der Waals surface area contributed by atoms with E-state index >= 15 is 0 Å². The van der Waals surface area contributed by atoms with E-state index in [0.29, 0.717) is 11.1 Å². The standard InChI is InChI=1S/C14H16ClNO.ClH/c1-10(2)16-9-11-7-8-14(17-11)12-5-3-4-6-13(12)15;/h3-8,10,16H,9H2,1-2H3;1H. The molecule has 98 valence electrons. The second kappa shape index (κ2) is 6.83. The zero-order valence-corrected chi connectivity index (χ0v) is 12.0. The molecule has 1 aromatic heterocycles. The molecule has 0 atom stereocenters. The van der Waals surface area contributed by atoms with Crippen LogP contribution in [0.4, 0.5) is 0 Å². The molecule has 2 nitrogen and oxygen atoms in total. The van der Waals surface area contributed by atoms with E-state index < -0.39 is 0 Å². The first-order valence-corrected chi connectivity index (χ1v) is 6.11. The molecule has 0 fully saturated rings. The topological polar surface area (TPSA) is 25.2 Å². The Morgan fingerprint density at radius 1 is 1.17 bits per heavy atom. The Hall–Kier alpha value is -0.960. The molecule has 1 heterocycles. The molecular formula is C14H17Cl2NO. The SMILES string of the molecule is CC(C)NCc1ccc(-c2ccccc2Cl)o1.Cl. The number of hydrogen-bond donors (Lipinski definition) is 1. The third-order valence-electron chi connectivity index (χ3n) is 2.49. The van der Waals surface area contributed by atoms with Gasteiger partial charge in [0.1, 0.15) is 11.5 Å². The molecule has 2 rings (SSSR count). The van der Waals surface area contributed by atoms with Crippen molar-refractivity contribution in [2.24, 2.45) is 0 Å². The fourth-order valence-electron chi connectivity index (χ4n) is 1.58. The Bertz CT molecular complexity index is 494. The van der Waals surface area contributed by atoms with E-state index in [4.69, 9.17) is 16.0 Å². The maximum Gasteiger partial charge on any atom is 0.135 e. The Morgan fingerprint density at radius 3 is 2.56 bits per heavy atom. The summed E-state index contributed by atoms with van der Waals surface area (Å²) in [6.45, 7) is 4.96. The average molecular weight is 286 g/mol. The Labute approximate surface area is 119 Å². The lowest BCUT2D eigenvalue weighted by atomic mass is 10.2. The molecule has 0 saturated carbocycles. The predicted octanol–water partition coefficient (Wildman–Crippen LogP) is 4.52. The van der Waals surface area contributed by atoms with Crippen molar-refractivity contribution in [3.05, 3.63) is 47.2 Å². The van der Waals surface area contributed by atoms with Gasteiger partial charge in [0.25, 0.3) is 0 Å². The van der Waals surface area contributed by atoms with E-state index in [1.165, 1.54) is 0 Å². The molecule has 0 aliphatic rings. The third-order valence-corrected chi connectivity index (χ3v) is 2.82. The summed E-state index contributed by atoms with van der Waals surface area (Å²) in [4.78, 5) is 0. The first-order chi connectivity index (χ1) is 8.16. The highest BCUT2D eigenvalue weighted by Gasteiger charge is 2.07. The van der Waals surface area contributed by atoms with Crippen molar-refractivity contribution < 1.29 is 4.42 Å². The molecule has 0 bridgehead atoms. The zero-order chi connectivity index (χ0) is 12.3. The summed E-state index contributed by atoms with van der Waals surface area (Å²) in [5, 5.41) is 4.03. The van der Waals surface area contributed by atoms with Crippen LogP contribution < -0.4 is 5.32 Å². The van der Waals surface area contributed by atoms with Gasteiger partial charge in [0.05, 0.1) is 11.6 Å². The smallest absolute Gasteiger partial charge is 0.135 e. The van der Waals surface area contributed by atoms with Crippen LogP contribution in [0.1, 0.15) is 19.6 Å². The third kappa shape index (κ3) is 3.77. The summed E-state index contributed by atoms with van der Waals surface area (Å²) < 4.78 is 5.75. The molecule has 4 heteroatoms. The predicted molar refractivity (Wildman–Crippen MR) is 78.4 cm³/mol. The van der Waals surface area contributed by atoms with E-state index in [9.17, 15) is 0 Å². The van der Waals surface area contributed by atoms with Crippen molar-refractivity contribution in [3.63, 3.8) is 0 Å².